The van der Waals surface area contributed by atoms with Crippen molar-refractivity contribution in [2.24, 2.45) is 0 Å². The van der Waals surface area contributed by atoms with E-state index in [1.54, 1.807) is 12.1 Å². The number of benzene rings is 2. The number of pyridine rings is 1. The molecule has 148 valence electrons. The summed E-state index contributed by atoms with van der Waals surface area (Å²) < 4.78 is 14.0. The average Bonchev–Trinajstić information content (AvgIpc) is 3.25. The van der Waals surface area contributed by atoms with E-state index in [1.165, 1.54) is 11.6 Å². The lowest BCUT2D eigenvalue weighted by molar-refractivity contribution is -0.132. The fraction of sp³-hybridized carbons (Fsp3) is 0.280. The SMILES string of the molecule is O=C(CCc1ccccc1)N1CCCC1c1cccc(Cc2ccccc2F)n1. The van der Waals surface area contributed by atoms with E-state index in [0.717, 1.165) is 37.2 Å². The Labute approximate surface area is 171 Å². The summed E-state index contributed by atoms with van der Waals surface area (Å²) in [6.45, 7) is 0.775. The Kier molecular flexibility index (Phi) is 5.99. The molecule has 0 N–H and O–H groups in total. The number of likely N-dealkylation sites (tertiary alicyclic amines) is 1. The highest BCUT2D eigenvalue weighted by Crippen LogP contribution is 2.32. The molecule has 1 unspecified atom stereocenters. The number of carbonyl (C=O) groups excluding carboxylic acids is 1. The van der Waals surface area contributed by atoms with Crippen LogP contribution < -0.4 is 0 Å². The third-order valence-electron chi connectivity index (χ3n) is 5.54. The van der Waals surface area contributed by atoms with Crippen LogP contribution >= 0.6 is 0 Å². The third-order valence-corrected chi connectivity index (χ3v) is 5.54. The molecule has 3 aromatic rings. The van der Waals surface area contributed by atoms with Gasteiger partial charge in [-0.3, -0.25) is 9.78 Å². The van der Waals surface area contributed by atoms with Gasteiger partial charge in [-0.1, -0.05) is 54.6 Å². The van der Waals surface area contributed by atoms with E-state index in [-0.39, 0.29) is 17.8 Å². The quantitative estimate of drug-likeness (QED) is 0.588. The number of aryl methyl sites for hydroxylation is 1. The lowest BCUT2D eigenvalue weighted by Gasteiger charge is -2.25. The van der Waals surface area contributed by atoms with Crippen LogP contribution in [0, 0.1) is 5.82 Å². The maximum absolute atomic E-state index is 14.0. The van der Waals surface area contributed by atoms with Crippen molar-refractivity contribution in [3.05, 3.63) is 101 Å². The second-order valence-electron chi connectivity index (χ2n) is 7.55. The van der Waals surface area contributed by atoms with Crippen molar-refractivity contribution in [2.45, 2.75) is 38.1 Å². The van der Waals surface area contributed by atoms with Crippen LogP contribution in [0.3, 0.4) is 0 Å². The highest BCUT2D eigenvalue weighted by atomic mass is 19.1. The Hall–Kier alpha value is -3.01. The lowest BCUT2D eigenvalue weighted by Crippen LogP contribution is -2.31. The van der Waals surface area contributed by atoms with Gasteiger partial charge in [0.25, 0.3) is 0 Å². The minimum Gasteiger partial charge on any atom is -0.334 e. The molecule has 29 heavy (non-hydrogen) atoms. The normalized spacial score (nSPS) is 16.2. The zero-order valence-electron chi connectivity index (χ0n) is 16.4. The van der Waals surface area contributed by atoms with Crippen LogP contribution in [0.4, 0.5) is 4.39 Å². The molecule has 0 spiro atoms. The summed E-state index contributed by atoms with van der Waals surface area (Å²) in [6, 6.07) is 22.8. The number of hydrogen-bond donors (Lipinski definition) is 0. The molecule has 2 aromatic carbocycles. The summed E-state index contributed by atoms with van der Waals surface area (Å²) >= 11 is 0. The molecule has 4 heteroatoms. The van der Waals surface area contributed by atoms with Crippen molar-refractivity contribution in [2.75, 3.05) is 6.54 Å². The van der Waals surface area contributed by atoms with Crippen molar-refractivity contribution >= 4 is 5.91 Å². The first-order valence-corrected chi connectivity index (χ1v) is 10.2. The van der Waals surface area contributed by atoms with Gasteiger partial charge in [0.2, 0.25) is 5.91 Å². The van der Waals surface area contributed by atoms with Gasteiger partial charge in [0.05, 0.1) is 11.7 Å². The van der Waals surface area contributed by atoms with E-state index in [0.29, 0.717) is 18.4 Å². The molecule has 0 saturated carbocycles. The van der Waals surface area contributed by atoms with Gasteiger partial charge in [0.15, 0.2) is 0 Å². The molecule has 0 bridgehead atoms. The molecule has 1 aliphatic heterocycles. The number of halogens is 1. The Bertz CT molecular complexity index is 973. The number of amides is 1. The summed E-state index contributed by atoms with van der Waals surface area (Å²) in [4.78, 5) is 19.6. The molecule has 1 saturated heterocycles. The molecular weight excluding hydrogens is 363 g/mol. The first kappa shape index (κ1) is 19.3. The van der Waals surface area contributed by atoms with Gasteiger partial charge in [-0.05, 0) is 48.6 Å². The van der Waals surface area contributed by atoms with E-state index in [2.05, 4.69) is 12.1 Å². The average molecular weight is 388 g/mol. The molecule has 4 rings (SSSR count). The second kappa shape index (κ2) is 8.99. The minimum absolute atomic E-state index is 0.0128. The van der Waals surface area contributed by atoms with Gasteiger partial charge < -0.3 is 4.90 Å². The highest BCUT2D eigenvalue weighted by molar-refractivity contribution is 5.77. The summed E-state index contributed by atoms with van der Waals surface area (Å²) in [5, 5.41) is 0. The number of hydrogen-bond acceptors (Lipinski definition) is 2. The van der Waals surface area contributed by atoms with Crippen molar-refractivity contribution in [1.29, 1.82) is 0 Å². The molecule has 1 aromatic heterocycles. The molecule has 1 fully saturated rings. The third kappa shape index (κ3) is 4.70. The monoisotopic (exact) mass is 388 g/mol. The van der Waals surface area contributed by atoms with Crippen LogP contribution in [0.1, 0.15) is 47.8 Å². The van der Waals surface area contributed by atoms with Crippen molar-refractivity contribution in [1.82, 2.24) is 9.88 Å². The standard InChI is InChI=1S/C25H25FN2O/c26-22-12-5-4-10-20(22)18-21-11-6-13-23(27-21)24-14-7-17-28(24)25(29)16-15-19-8-2-1-3-9-19/h1-6,8-13,24H,7,14-18H2. The highest BCUT2D eigenvalue weighted by Gasteiger charge is 2.30. The van der Waals surface area contributed by atoms with E-state index >= 15 is 0 Å². The Balaban J connectivity index is 1.45. The predicted octanol–water partition coefficient (Wildman–Crippen LogP) is 5.11. The Morgan fingerprint density at radius 1 is 1.00 bits per heavy atom. The van der Waals surface area contributed by atoms with Crippen molar-refractivity contribution < 1.29 is 9.18 Å². The smallest absolute Gasteiger partial charge is 0.223 e. The number of nitrogens with zero attached hydrogens (tertiary/aromatic N) is 2. The summed E-state index contributed by atoms with van der Waals surface area (Å²) in [7, 11) is 0. The van der Waals surface area contributed by atoms with Crippen LogP contribution in [0.15, 0.2) is 72.8 Å². The maximum Gasteiger partial charge on any atom is 0.223 e. The largest absolute Gasteiger partial charge is 0.334 e. The number of aromatic nitrogens is 1. The molecule has 0 aliphatic carbocycles. The molecular formula is C25H25FN2O. The van der Waals surface area contributed by atoms with E-state index < -0.39 is 0 Å². The molecule has 1 amide bonds. The van der Waals surface area contributed by atoms with Crippen molar-refractivity contribution in [3.63, 3.8) is 0 Å². The van der Waals surface area contributed by atoms with Gasteiger partial charge >= 0.3 is 0 Å². The van der Waals surface area contributed by atoms with Gasteiger partial charge in [-0.15, -0.1) is 0 Å². The van der Waals surface area contributed by atoms with E-state index in [1.807, 2.05) is 47.4 Å². The maximum atomic E-state index is 14.0. The number of carbonyl (C=O) groups is 1. The molecule has 3 nitrogen and oxygen atoms in total. The fourth-order valence-corrected chi connectivity index (χ4v) is 4.03. The van der Waals surface area contributed by atoms with Crippen molar-refractivity contribution in [3.8, 4) is 0 Å². The van der Waals surface area contributed by atoms with E-state index in [9.17, 15) is 9.18 Å². The Morgan fingerprint density at radius 2 is 1.79 bits per heavy atom. The zero-order valence-corrected chi connectivity index (χ0v) is 16.4. The van der Waals surface area contributed by atoms with Crippen LogP contribution in [-0.4, -0.2) is 22.3 Å². The second-order valence-corrected chi connectivity index (χ2v) is 7.55. The number of rotatable bonds is 6. The lowest BCUT2D eigenvalue weighted by atomic mass is 10.1. The van der Waals surface area contributed by atoms with Gasteiger partial charge in [-0.25, -0.2) is 4.39 Å². The summed E-state index contributed by atoms with van der Waals surface area (Å²) in [5.41, 5.74) is 3.56. The van der Waals surface area contributed by atoms with E-state index in [4.69, 9.17) is 4.98 Å². The van der Waals surface area contributed by atoms with Crippen LogP contribution in [-0.2, 0) is 17.6 Å². The van der Waals surface area contributed by atoms with Crippen LogP contribution in [0.2, 0.25) is 0 Å². The van der Waals surface area contributed by atoms with Gasteiger partial charge in [0, 0.05) is 25.1 Å². The zero-order chi connectivity index (χ0) is 20.1. The molecule has 2 heterocycles. The summed E-state index contributed by atoms with van der Waals surface area (Å²) in [5.74, 6) is -0.0315. The summed E-state index contributed by atoms with van der Waals surface area (Å²) in [6.07, 6.45) is 3.63. The van der Waals surface area contributed by atoms with Crippen LogP contribution in [0.5, 0.6) is 0 Å². The molecule has 1 atom stereocenters. The Morgan fingerprint density at radius 3 is 2.62 bits per heavy atom. The molecule has 0 radical (unpaired) electrons. The van der Waals surface area contributed by atoms with Gasteiger partial charge in [0.1, 0.15) is 5.82 Å². The minimum atomic E-state index is -0.210. The molecule has 1 aliphatic rings. The first-order valence-electron chi connectivity index (χ1n) is 10.2. The fourth-order valence-electron chi connectivity index (χ4n) is 4.03. The van der Waals surface area contributed by atoms with Crippen LogP contribution in [0.25, 0.3) is 0 Å². The predicted molar refractivity (Wildman–Crippen MR) is 112 cm³/mol. The topological polar surface area (TPSA) is 33.2 Å². The van der Waals surface area contributed by atoms with Gasteiger partial charge in [-0.2, -0.15) is 0 Å². The first-order chi connectivity index (χ1) is 14.2.